The highest BCUT2D eigenvalue weighted by Crippen LogP contribution is 2.32. The third-order valence-electron chi connectivity index (χ3n) is 3.58. The number of methoxy groups -OCH3 is 1. The molecule has 122 valence electrons. The molecule has 0 aromatic heterocycles. The van der Waals surface area contributed by atoms with Gasteiger partial charge in [0.15, 0.2) is 0 Å². The quantitative estimate of drug-likeness (QED) is 0.890. The van der Waals surface area contributed by atoms with E-state index < -0.39 is 11.7 Å². The van der Waals surface area contributed by atoms with Crippen LogP contribution in [0.3, 0.4) is 0 Å². The highest BCUT2D eigenvalue weighted by Gasteiger charge is 2.22. The van der Waals surface area contributed by atoms with Gasteiger partial charge in [0.05, 0.1) is 7.11 Å². The van der Waals surface area contributed by atoms with Gasteiger partial charge in [0, 0.05) is 11.7 Å². The van der Waals surface area contributed by atoms with E-state index in [1.54, 1.807) is 7.11 Å². The van der Waals surface area contributed by atoms with Crippen LogP contribution in [0, 0.1) is 0 Å². The number of piperidine rings is 1. The average Bonchev–Trinajstić information content (AvgIpc) is 2.46. The van der Waals surface area contributed by atoms with Gasteiger partial charge in [-0.3, -0.25) is 5.32 Å². The van der Waals surface area contributed by atoms with E-state index in [-0.39, 0.29) is 6.04 Å². The summed E-state index contributed by atoms with van der Waals surface area (Å²) in [6.07, 6.45) is 2.99. The second-order valence-electron chi connectivity index (χ2n) is 6.58. The molecule has 1 fully saturated rings. The van der Waals surface area contributed by atoms with Crippen molar-refractivity contribution >= 4 is 11.8 Å². The van der Waals surface area contributed by atoms with Crippen LogP contribution in [0.2, 0.25) is 0 Å². The van der Waals surface area contributed by atoms with Crippen LogP contribution in [0.5, 0.6) is 5.75 Å². The van der Waals surface area contributed by atoms with Gasteiger partial charge in [-0.25, -0.2) is 4.79 Å². The standard InChI is InChI=1S/C17H26N2O3/c1-17(2,3)22-16(20)19-15-9-8-12(21-4)11-13(15)14-7-5-6-10-18-14/h8-9,11,14,18H,5-7,10H2,1-4H3,(H,19,20). The van der Waals surface area contributed by atoms with Gasteiger partial charge in [-0.1, -0.05) is 6.42 Å². The van der Waals surface area contributed by atoms with Gasteiger partial charge in [-0.2, -0.15) is 0 Å². The lowest BCUT2D eigenvalue weighted by Gasteiger charge is -2.27. The Bertz CT molecular complexity index is 517. The molecule has 22 heavy (non-hydrogen) atoms. The molecule has 5 nitrogen and oxygen atoms in total. The molecular weight excluding hydrogens is 280 g/mol. The molecule has 5 heteroatoms. The number of amides is 1. The molecule has 0 bridgehead atoms. The summed E-state index contributed by atoms with van der Waals surface area (Å²) in [5.74, 6) is 0.789. The van der Waals surface area contributed by atoms with Crippen LogP contribution in [0.4, 0.5) is 10.5 Å². The first-order valence-corrected chi connectivity index (χ1v) is 7.80. The van der Waals surface area contributed by atoms with Crippen LogP contribution < -0.4 is 15.4 Å². The number of carbonyl (C=O) groups is 1. The van der Waals surface area contributed by atoms with Crippen molar-refractivity contribution in [3.63, 3.8) is 0 Å². The third kappa shape index (κ3) is 4.63. The van der Waals surface area contributed by atoms with Gasteiger partial charge >= 0.3 is 6.09 Å². The fourth-order valence-corrected chi connectivity index (χ4v) is 2.60. The predicted molar refractivity (Wildman–Crippen MR) is 87.4 cm³/mol. The van der Waals surface area contributed by atoms with Crippen LogP contribution in [-0.4, -0.2) is 25.3 Å². The summed E-state index contributed by atoms with van der Waals surface area (Å²) >= 11 is 0. The van der Waals surface area contributed by atoms with Crippen molar-refractivity contribution in [1.82, 2.24) is 5.32 Å². The molecule has 1 unspecified atom stereocenters. The smallest absolute Gasteiger partial charge is 0.412 e. The monoisotopic (exact) mass is 306 g/mol. The molecule has 1 atom stereocenters. The number of anilines is 1. The van der Waals surface area contributed by atoms with Crippen molar-refractivity contribution in [2.24, 2.45) is 0 Å². The molecule has 1 aliphatic rings. The van der Waals surface area contributed by atoms with E-state index in [0.717, 1.165) is 30.0 Å². The van der Waals surface area contributed by atoms with Crippen LogP contribution in [0.1, 0.15) is 51.6 Å². The number of hydrogen-bond donors (Lipinski definition) is 2. The van der Waals surface area contributed by atoms with Gasteiger partial charge in [-0.05, 0) is 63.9 Å². The summed E-state index contributed by atoms with van der Waals surface area (Å²) in [6.45, 7) is 6.55. The van der Waals surface area contributed by atoms with Gasteiger partial charge in [0.1, 0.15) is 11.4 Å². The van der Waals surface area contributed by atoms with E-state index in [1.165, 1.54) is 12.8 Å². The lowest BCUT2D eigenvalue weighted by molar-refractivity contribution is 0.0635. The zero-order valence-corrected chi connectivity index (χ0v) is 13.9. The number of benzene rings is 1. The normalized spacial score (nSPS) is 18.6. The zero-order valence-electron chi connectivity index (χ0n) is 13.9. The fraction of sp³-hybridized carbons (Fsp3) is 0.588. The number of ether oxygens (including phenoxy) is 2. The van der Waals surface area contributed by atoms with E-state index in [2.05, 4.69) is 10.6 Å². The second-order valence-corrected chi connectivity index (χ2v) is 6.58. The topological polar surface area (TPSA) is 59.6 Å². The van der Waals surface area contributed by atoms with Crippen molar-refractivity contribution in [2.75, 3.05) is 19.0 Å². The van der Waals surface area contributed by atoms with Crippen LogP contribution in [0.15, 0.2) is 18.2 Å². The van der Waals surface area contributed by atoms with Crippen molar-refractivity contribution in [3.8, 4) is 5.75 Å². The molecule has 0 radical (unpaired) electrons. The first-order chi connectivity index (χ1) is 10.4. The zero-order chi connectivity index (χ0) is 16.2. The second kappa shape index (κ2) is 7.01. The summed E-state index contributed by atoms with van der Waals surface area (Å²) < 4.78 is 10.7. The number of rotatable bonds is 3. The molecule has 1 aromatic rings. The Kier molecular flexibility index (Phi) is 5.29. The summed E-state index contributed by atoms with van der Waals surface area (Å²) in [6, 6.07) is 5.93. The Morgan fingerprint density at radius 3 is 2.68 bits per heavy atom. The van der Waals surface area contributed by atoms with E-state index in [9.17, 15) is 4.79 Å². The Morgan fingerprint density at radius 2 is 2.09 bits per heavy atom. The predicted octanol–water partition coefficient (Wildman–Crippen LogP) is 3.86. The van der Waals surface area contributed by atoms with Crippen molar-refractivity contribution in [3.05, 3.63) is 23.8 Å². The molecule has 0 saturated carbocycles. The Hall–Kier alpha value is -1.75. The van der Waals surface area contributed by atoms with Crippen molar-refractivity contribution in [1.29, 1.82) is 0 Å². The Labute approximate surface area is 132 Å². The molecule has 1 aliphatic heterocycles. The molecule has 1 aromatic carbocycles. The van der Waals surface area contributed by atoms with Gasteiger partial charge in [-0.15, -0.1) is 0 Å². The minimum absolute atomic E-state index is 0.230. The molecule has 1 heterocycles. The molecule has 2 rings (SSSR count). The molecule has 2 N–H and O–H groups in total. The van der Waals surface area contributed by atoms with Crippen LogP contribution >= 0.6 is 0 Å². The summed E-state index contributed by atoms with van der Waals surface area (Å²) in [5, 5.41) is 6.36. The minimum atomic E-state index is -0.514. The summed E-state index contributed by atoms with van der Waals surface area (Å²) in [7, 11) is 1.65. The SMILES string of the molecule is COc1ccc(NC(=O)OC(C)(C)C)c(C2CCCCN2)c1. The maximum Gasteiger partial charge on any atom is 0.412 e. The van der Waals surface area contributed by atoms with E-state index in [4.69, 9.17) is 9.47 Å². The van der Waals surface area contributed by atoms with Gasteiger partial charge in [0.25, 0.3) is 0 Å². The maximum absolute atomic E-state index is 12.0. The highest BCUT2D eigenvalue weighted by atomic mass is 16.6. The summed E-state index contributed by atoms with van der Waals surface area (Å²) in [5.41, 5.74) is 1.30. The third-order valence-corrected chi connectivity index (χ3v) is 3.58. The molecule has 0 aliphatic carbocycles. The molecule has 1 amide bonds. The van der Waals surface area contributed by atoms with E-state index in [0.29, 0.717) is 0 Å². The maximum atomic E-state index is 12.0. The Morgan fingerprint density at radius 1 is 1.32 bits per heavy atom. The van der Waals surface area contributed by atoms with Crippen LogP contribution in [-0.2, 0) is 4.74 Å². The Balaban J connectivity index is 2.20. The number of nitrogens with one attached hydrogen (secondary N) is 2. The van der Waals surface area contributed by atoms with Crippen molar-refractivity contribution < 1.29 is 14.3 Å². The summed E-state index contributed by atoms with van der Waals surface area (Å²) in [4.78, 5) is 12.0. The molecular formula is C17H26N2O3. The lowest BCUT2D eigenvalue weighted by atomic mass is 9.96. The van der Waals surface area contributed by atoms with Crippen molar-refractivity contribution in [2.45, 2.75) is 51.7 Å². The van der Waals surface area contributed by atoms with Gasteiger partial charge < -0.3 is 14.8 Å². The average molecular weight is 306 g/mol. The van der Waals surface area contributed by atoms with Crippen LogP contribution in [0.25, 0.3) is 0 Å². The number of hydrogen-bond acceptors (Lipinski definition) is 4. The largest absolute Gasteiger partial charge is 0.497 e. The minimum Gasteiger partial charge on any atom is -0.497 e. The lowest BCUT2D eigenvalue weighted by Crippen LogP contribution is -2.30. The fourth-order valence-electron chi connectivity index (χ4n) is 2.60. The number of carbonyl (C=O) groups excluding carboxylic acids is 1. The van der Waals surface area contributed by atoms with E-state index >= 15 is 0 Å². The highest BCUT2D eigenvalue weighted by molar-refractivity contribution is 5.86. The molecule has 0 spiro atoms. The molecule has 1 saturated heterocycles. The van der Waals surface area contributed by atoms with E-state index in [1.807, 2.05) is 39.0 Å². The first-order valence-electron chi connectivity index (χ1n) is 7.80. The van der Waals surface area contributed by atoms with Gasteiger partial charge in [0.2, 0.25) is 0 Å². The first kappa shape index (κ1) is 16.6.